The minimum Gasteiger partial charge on any atom is -0.439 e. The highest BCUT2D eigenvalue weighted by atomic mass is 16.5. The first-order valence-corrected chi connectivity index (χ1v) is 10.0. The van der Waals surface area contributed by atoms with Gasteiger partial charge >= 0.3 is 6.03 Å². The summed E-state index contributed by atoms with van der Waals surface area (Å²) >= 11 is 0. The molecule has 6 nitrogen and oxygen atoms in total. The molecule has 1 fully saturated rings. The van der Waals surface area contributed by atoms with Crippen LogP contribution in [-0.4, -0.2) is 34.0 Å². The Labute approximate surface area is 176 Å². The summed E-state index contributed by atoms with van der Waals surface area (Å²) < 4.78 is 5.89. The largest absolute Gasteiger partial charge is 0.439 e. The Kier molecular flexibility index (Phi) is 6.03. The number of hydrogen-bond acceptors (Lipinski definition) is 4. The second-order valence-corrected chi connectivity index (χ2v) is 7.25. The molecule has 2 aromatic heterocycles. The van der Waals surface area contributed by atoms with E-state index in [0.29, 0.717) is 24.7 Å². The number of carbonyl (C=O) groups is 1. The number of piperidine rings is 1. The van der Waals surface area contributed by atoms with E-state index in [1.807, 2.05) is 54.3 Å². The van der Waals surface area contributed by atoms with Crippen LogP contribution in [0.4, 0.5) is 10.5 Å². The van der Waals surface area contributed by atoms with E-state index in [2.05, 4.69) is 27.4 Å². The smallest absolute Gasteiger partial charge is 0.321 e. The highest BCUT2D eigenvalue weighted by Gasteiger charge is 2.19. The van der Waals surface area contributed by atoms with Crippen molar-refractivity contribution in [2.45, 2.75) is 19.8 Å². The van der Waals surface area contributed by atoms with Gasteiger partial charge in [0.05, 0.1) is 11.9 Å². The van der Waals surface area contributed by atoms with E-state index in [9.17, 15) is 4.79 Å². The van der Waals surface area contributed by atoms with Crippen LogP contribution in [0.2, 0.25) is 0 Å². The molecule has 0 spiro atoms. The third kappa shape index (κ3) is 5.23. The number of aryl methyl sites for hydroxylation is 1. The van der Waals surface area contributed by atoms with E-state index in [1.54, 1.807) is 18.5 Å². The summed E-state index contributed by atoms with van der Waals surface area (Å²) in [6.07, 6.45) is 7.22. The Hall–Kier alpha value is -3.67. The fourth-order valence-corrected chi connectivity index (χ4v) is 3.38. The molecule has 1 aliphatic rings. The van der Waals surface area contributed by atoms with Gasteiger partial charge in [0, 0.05) is 31.0 Å². The van der Waals surface area contributed by atoms with Crippen LogP contribution in [0, 0.1) is 6.92 Å². The number of aromatic nitrogens is 2. The van der Waals surface area contributed by atoms with Crippen molar-refractivity contribution in [1.82, 2.24) is 14.9 Å². The van der Waals surface area contributed by atoms with Crippen LogP contribution in [0.5, 0.6) is 11.6 Å². The molecule has 3 heterocycles. The zero-order valence-electron chi connectivity index (χ0n) is 16.9. The van der Waals surface area contributed by atoms with Gasteiger partial charge in [-0.25, -0.2) is 9.78 Å². The van der Waals surface area contributed by atoms with E-state index in [-0.39, 0.29) is 6.03 Å². The van der Waals surface area contributed by atoms with Crippen molar-refractivity contribution >= 4 is 17.8 Å². The number of benzene rings is 1. The maximum absolute atomic E-state index is 12.4. The minimum atomic E-state index is -0.0805. The third-order valence-corrected chi connectivity index (χ3v) is 4.92. The second kappa shape index (κ2) is 9.22. The molecule has 0 bridgehead atoms. The summed E-state index contributed by atoms with van der Waals surface area (Å²) in [5.74, 6) is 1.35. The number of hydrogen-bond donors (Lipinski definition) is 1. The molecular weight excluding hydrogens is 376 g/mol. The molecule has 6 heteroatoms. The first-order chi connectivity index (χ1) is 14.7. The number of nitrogens with zero attached hydrogens (tertiary/aromatic N) is 3. The molecule has 3 aromatic rings. The maximum Gasteiger partial charge on any atom is 0.321 e. The molecule has 2 amide bonds. The van der Waals surface area contributed by atoms with Gasteiger partial charge < -0.3 is 15.0 Å². The maximum atomic E-state index is 12.4. The standard InChI is InChI=1S/C24H24N4O2/c1-18-5-2-9-23(26-18)30-22-8-3-6-20(16-22)15-19-10-13-28(14-11-19)24(29)27-21-7-4-12-25-17-21/h2-9,12,15-17H,10-11,13-14H2,1H3,(H,27,29). The number of ether oxygens (including phenoxy) is 1. The molecule has 0 aliphatic carbocycles. The Balaban J connectivity index is 1.35. The number of carbonyl (C=O) groups excluding carboxylic acids is 1. The molecule has 0 saturated carbocycles. The normalized spacial score (nSPS) is 13.6. The summed E-state index contributed by atoms with van der Waals surface area (Å²) in [4.78, 5) is 22.7. The van der Waals surface area contributed by atoms with Crippen molar-refractivity contribution in [3.8, 4) is 11.6 Å². The molecule has 0 atom stereocenters. The summed E-state index contributed by atoms with van der Waals surface area (Å²) in [6, 6.07) is 17.3. The van der Waals surface area contributed by atoms with Crippen LogP contribution in [0.15, 0.2) is 72.6 Å². The summed E-state index contributed by atoms with van der Waals surface area (Å²) in [5, 5.41) is 2.89. The lowest BCUT2D eigenvalue weighted by Crippen LogP contribution is -2.39. The SMILES string of the molecule is Cc1cccc(Oc2cccc(C=C3CCN(C(=O)Nc4cccnc4)CC3)c2)n1. The number of likely N-dealkylation sites (tertiary alicyclic amines) is 1. The highest BCUT2D eigenvalue weighted by Crippen LogP contribution is 2.24. The van der Waals surface area contributed by atoms with Crippen molar-refractivity contribution < 1.29 is 9.53 Å². The summed E-state index contributed by atoms with van der Waals surface area (Å²) in [6.45, 7) is 3.33. The second-order valence-electron chi connectivity index (χ2n) is 7.25. The molecule has 30 heavy (non-hydrogen) atoms. The van der Waals surface area contributed by atoms with Gasteiger partial charge in [0.1, 0.15) is 5.75 Å². The fraction of sp³-hybridized carbons (Fsp3) is 0.208. The van der Waals surface area contributed by atoms with Gasteiger partial charge in [-0.05, 0) is 55.7 Å². The zero-order chi connectivity index (χ0) is 20.8. The lowest BCUT2D eigenvalue weighted by Gasteiger charge is -2.28. The van der Waals surface area contributed by atoms with Crippen molar-refractivity contribution in [2.24, 2.45) is 0 Å². The van der Waals surface area contributed by atoms with Crippen molar-refractivity contribution in [2.75, 3.05) is 18.4 Å². The lowest BCUT2D eigenvalue weighted by atomic mass is 10.0. The third-order valence-electron chi connectivity index (χ3n) is 4.92. The molecule has 1 aliphatic heterocycles. The Morgan fingerprint density at radius 2 is 1.93 bits per heavy atom. The predicted octanol–water partition coefficient (Wildman–Crippen LogP) is 5.29. The highest BCUT2D eigenvalue weighted by molar-refractivity contribution is 5.89. The van der Waals surface area contributed by atoms with Crippen molar-refractivity contribution in [3.05, 3.63) is 83.8 Å². The van der Waals surface area contributed by atoms with Gasteiger partial charge in [-0.15, -0.1) is 0 Å². The van der Waals surface area contributed by atoms with Gasteiger partial charge in [0.15, 0.2) is 0 Å². The first-order valence-electron chi connectivity index (χ1n) is 10.0. The quantitative estimate of drug-likeness (QED) is 0.646. The van der Waals surface area contributed by atoms with Crippen molar-refractivity contribution in [1.29, 1.82) is 0 Å². The number of anilines is 1. The topological polar surface area (TPSA) is 67.3 Å². The first kappa shape index (κ1) is 19.6. The van der Waals surface area contributed by atoms with Crippen LogP contribution in [0.1, 0.15) is 24.1 Å². The van der Waals surface area contributed by atoms with E-state index in [4.69, 9.17) is 4.74 Å². The number of nitrogens with one attached hydrogen (secondary N) is 1. The lowest BCUT2D eigenvalue weighted by molar-refractivity contribution is 0.208. The average Bonchev–Trinajstić information content (AvgIpc) is 2.75. The fourth-order valence-electron chi connectivity index (χ4n) is 3.38. The molecular formula is C24H24N4O2. The van der Waals surface area contributed by atoms with Crippen molar-refractivity contribution in [3.63, 3.8) is 0 Å². The predicted molar refractivity (Wildman–Crippen MR) is 118 cm³/mol. The Bertz CT molecular complexity index is 1040. The number of urea groups is 1. The molecule has 152 valence electrons. The number of rotatable bonds is 4. The van der Waals surface area contributed by atoms with E-state index < -0.39 is 0 Å². The zero-order valence-corrected chi connectivity index (χ0v) is 16.9. The monoisotopic (exact) mass is 400 g/mol. The Morgan fingerprint density at radius 3 is 2.70 bits per heavy atom. The number of amides is 2. The van der Waals surface area contributed by atoms with E-state index in [1.165, 1.54) is 5.57 Å². The molecule has 1 aromatic carbocycles. The van der Waals surface area contributed by atoms with Crippen LogP contribution >= 0.6 is 0 Å². The van der Waals surface area contributed by atoms with Crippen LogP contribution in [0.3, 0.4) is 0 Å². The molecule has 1 saturated heterocycles. The number of pyridine rings is 2. The minimum absolute atomic E-state index is 0.0805. The van der Waals surface area contributed by atoms with Gasteiger partial charge in [-0.3, -0.25) is 4.98 Å². The molecule has 0 unspecified atom stereocenters. The van der Waals surface area contributed by atoms with E-state index in [0.717, 1.165) is 29.8 Å². The van der Waals surface area contributed by atoms with E-state index >= 15 is 0 Å². The van der Waals surface area contributed by atoms with Crippen LogP contribution < -0.4 is 10.1 Å². The average molecular weight is 400 g/mol. The van der Waals surface area contributed by atoms with Gasteiger partial charge in [-0.2, -0.15) is 0 Å². The van der Waals surface area contributed by atoms with Crippen LogP contribution in [0.25, 0.3) is 6.08 Å². The van der Waals surface area contributed by atoms with Crippen LogP contribution in [-0.2, 0) is 0 Å². The summed E-state index contributed by atoms with van der Waals surface area (Å²) in [5.41, 5.74) is 4.04. The van der Waals surface area contributed by atoms with Gasteiger partial charge in [-0.1, -0.05) is 29.8 Å². The Morgan fingerprint density at radius 1 is 1.10 bits per heavy atom. The molecule has 1 N–H and O–H groups in total. The van der Waals surface area contributed by atoms with Gasteiger partial charge in [0.2, 0.25) is 5.88 Å². The van der Waals surface area contributed by atoms with Gasteiger partial charge in [0.25, 0.3) is 0 Å². The molecule has 4 rings (SSSR count). The molecule has 0 radical (unpaired) electrons. The summed E-state index contributed by atoms with van der Waals surface area (Å²) in [7, 11) is 0.